The van der Waals surface area contributed by atoms with E-state index in [1.54, 1.807) is 11.9 Å². The average Bonchev–Trinajstić information content (AvgIpc) is 2.77. The summed E-state index contributed by atoms with van der Waals surface area (Å²) in [6.45, 7) is 2.91. The van der Waals surface area contributed by atoms with Gasteiger partial charge in [-0.25, -0.2) is 0 Å². The maximum absolute atomic E-state index is 11.9. The average molecular weight is 270 g/mol. The van der Waals surface area contributed by atoms with Crippen LogP contribution in [0.3, 0.4) is 0 Å². The van der Waals surface area contributed by atoms with Crippen LogP contribution in [0.4, 0.5) is 0 Å². The van der Waals surface area contributed by atoms with Gasteiger partial charge in [-0.2, -0.15) is 0 Å². The lowest BCUT2D eigenvalue weighted by molar-refractivity contribution is -0.138. The second-order valence-electron chi connectivity index (χ2n) is 5.31. The molecule has 1 rings (SSSR count). The Balaban J connectivity index is 2.36. The molecule has 1 atom stereocenters. The number of carboxylic acids is 1. The first-order chi connectivity index (χ1) is 8.89. The van der Waals surface area contributed by atoms with Crippen molar-refractivity contribution in [3.63, 3.8) is 0 Å². The first-order valence-corrected chi connectivity index (χ1v) is 6.61. The van der Waals surface area contributed by atoms with E-state index in [0.29, 0.717) is 38.8 Å². The van der Waals surface area contributed by atoms with Gasteiger partial charge in [-0.05, 0) is 26.2 Å². The predicted octanol–water partition coefficient (Wildman–Crippen LogP) is 0.616. The fourth-order valence-corrected chi connectivity index (χ4v) is 2.37. The van der Waals surface area contributed by atoms with Crippen molar-refractivity contribution < 1.29 is 19.5 Å². The minimum atomic E-state index is -0.833. The smallest absolute Gasteiger partial charge is 0.303 e. The van der Waals surface area contributed by atoms with Gasteiger partial charge in [-0.15, -0.1) is 0 Å². The number of rotatable bonds is 6. The van der Waals surface area contributed by atoms with Gasteiger partial charge < -0.3 is 15.3 Å². The molecular weight excluding hydrogens is 248 g/mol. The third-order valence-corrected chi connectivity index (χ3v) is 3.63. The van der Waals surface area contributed by atoms with Crippen molar-refractivity contribution in [3.8, 4) is 0 Å². The van der Waals surface area contributed by atoms with Crippen LogP contribution in [0.1, 0.15) is 39.0 Å². The maximum Gasteiger partial charge on any atom is 0.303 e. The van der Waals surface area contributed by atoms with Gasteiger partial charge in [0.1, 0.15) is 0 Å². The molecule has 108 valence electrons. The lowest BCUT2D eigenvalue weighted by Crippen LogP contribution is -2.40. The van der Waals surface area contributed by atoms with Crippen LogP contribution < -0.4 is 5.32 Å². The first kappa shape index (κ1) is 15.5. The Morgan fingerprint density at radius 1 is 1.26 bits per heavy atom. The van der Waals surface area contributed by atoms with Gasteiger partial charge in [0.05, 0.1) is 5.41 Å². The van der Waals surface area contributed by atoms with Crippen molar-refractivity contribution >= 4 is 17.8 Å². The van der Waals surface area contributed by atoms with E-state index in [2.05, 4.69) is 5.32 Å². The number of hydrogen-bond acceptors (Lipinski definition) is 3. The van der Waals surface area contributed by atoms with E-state index in [4.69, 9.17) is 5.11 Å². The molecule has 1 aliphatic rings. The fourth-order valence-electron chi connectivity index (χ4n) is 2.37. The van der Waals surface area contributed by atoms with Crippen molar-refractivity contribution in [2.24, 2.45) is 5.41 Å². The zero-order valence-corrected chi connectivity index (χ0v) is 11.6. The number of carbonyl (C=O) groups excluding carboxylic acids is 2. The predicted molar refractivity (Wildman–Crippen MR) is 69.5 cm³/mol. The van der Waals surface area contributed by atoms with Gasteiger partial charge in [0.25, 0.3) is 0 Å². The Morgan fingerprint density at radius 2 is 1.89 bits per heavy atom. The molecule has 0 radical (unpaired) electrons. The maximum atomic E-state index is 11.9. The molecule has 2 amide bonds. The largest absolute Gasteiger partial charge is 0.481 e. The molecule has 2 N–H and O–H groups in total. The lowest BCUT2D eigenvalue weighted by Gasteiger charge is -2.22. The fraction of sp³-hybridized carbons (Fsp3) is 0.769. The van der Waals surface area contributed by atoms with Crippen LogP contribution in [-0.4, -0.2) is 47.9 Å². The van der Waals surface area contributed by atoms with Crippen molar-refractivity contribution in [2.45, 2.75) is 39.0 Å². The van der Waals surface area contributed by atoms with E-state index >= 15 is 0 Å². The van der Waals surface area contributed by atoms with E-state index < -0.39 is 11.4 Å². The Bertz CT molecular complexity index is 370. The summed E-state index contributed by atoms with van der Waals surface area (Å²) in [6.07, 6.45) is 2.23. The SMILES string of the molecule is CNC(=O)C1(C)CCN(C(=O)CCCCC(=O)O)C1. The van der Waals surface area contributed by atoms with Crippen LogP contribution in [-0.2, 0) is 14.4 Å². The summed E-state index contributed by atoms with van der Waals surface area (Å²) in [4.78, 5) is 35.7. The van der Waals surface area contributed by atoms with Crippen molar-refractivity contribution in [2.75, 3.05) is 20.1 Å². The molecule has 6 nitrogen and oxygen atoms in total. The van der Waals surface area contributed by atoms with E-state index in [1.807, 2.05) is 6.92 Å². The van der Waals surface area contributed by atoms with Crippen molar-refractivity contribution in [1.82, 2.24) is 10.2 Å². The molecule has 1 fully saturated rings. The monoisotopic (exact) mass is 270 g/mol. The highest BCUT2D eigenvalue weighted by Gasteiger charge is 2.41. The highest BCUT2D eigenvalue weighted by atomic mass is 16.4. The van der Waals surface area contributed by atoms with Gasteiger partial charge in [0.2, 0.25) is 11.8 Å². The van der Waals surface area contributed by atoms with Gasteiger partial charge in [0.15, 0.2) is 0 Å². The van der Waals surface area contributed by atoms with Crippen LogP contribution in [0, 0.1) is 5.41 Å². The van der Waals surface area contributed by atoms with E-state index in [-0.39, 0.29) is 18.2 Å². The summed E-state index contributed by atoms with van der Waals surface area (Å²) in [7, 11) is 1.60. The lowest BCUT2D eigenvalue weighted by atomic mass is 9.89. The number of carboxylic acid groups (broad SMARTS) is 1. The number of likely N-dealkylation sites (tertiary alicyclic amines) is 1. The van der Waals surface area contributed by atoms with Crippen LogP contribution in [0.15, 0.2) is 0 Å². The zero-order chi connectivity index (χ0) is 14.5. The van der Waals surface area contributed by atoms with E-state index in [0.717, 1.165) is 0 Å². The Hall–Kier alpha value is -1.59. The normalized spacial score (nSPS) is 22.3. The second kappa shape index (κ2) is 6.54. The second-order valence-corrected chi connectivity index (χ2v) is 5.31. The molecule has 1 saturated heterocycles. The van der Waals surface area contributed by atoms with E-state index in [9.17, 15) is 14.4 Å². The summed E-state index contributed by atoms with van der Waals surface area (Å²) in [5, 5.41) is 11.1. The summed E-state index contributed by atoms with van der Waals surface area (Å²) in [5.41, 5.74) is -0.495. The number of hydrogen-bond donors (Lipinski definition) is 2. The molecule has 0 aromatic carbocycles. The Morgan fingerprint density at radius 3 is 2.47 bits per heavy atom. The topological polar surface area (TPSA) is 86.7 Å². The first-order valence-electron chi connectivity index (χ1n) is 6.61. The molecular formula is C13H22N2O4. The minimum Gasteiger partial charge on any atom is -0.481 e. The number of unbranched alkanes of at least 4 members (excludes halogenated alkanes) is 1. The molecule has 0 bridgehead atoms. The number of nitrogens with zero attached hydrogens (tertiary/aromatic N) is 1. The molecule has 1 heterocycles. The summed E-state index contributed by atoms with van der Waals surface area (Å²) in [6, 6.07) is 0. The molecule has 0 aromatic heterocycles. The molecule has 6 heteroatoms. The highest BCUT2D eigenvalue weighted by molar-refractivity contribution is 5.84. The van der Waals surface area contributed by atoms with Crippen LogP contribution in [0.25, 0.3) is 0 Å². The van der Waals surface area contributed by atoms with Crippen LogP contribution in [0.2, 0.25) is 0 Å². The Kier molecular flexibility index (Phi) is 5.32. The third kappa shape index (κ3) is 4.22. The Labute approximate surface area is 113 Å². The molecule has 19 heavy (non-hydrogen) atoms. The molecule has 0 aliphatic carbocycles. The quantitative estimate of drug-likeness (QED) is 0.693. The van der Waals surface area contributed by atoms with Gasteiger partial charge in [0, 0.05) is 33.0 Å². The highest BCUT2D eigenvalue weighted by Crippen LogP contribution is 2.30. The van der Waals surface area contributed by atoms with Crippen LogP contribution in [0.5, 0.6) is 0 Å². The van der Waals surface area contributed by atoms with Gasteiger partial charge >= 0.3 is 5.97 Å². The third-order valence-electron chi connectivity index (χ3n) is 3.63. The molecule has 0 spiro atoms. The summed E-state index contributed by atoms with van der Waals surface area (Å²) >= 11 is 0. The molecule has 0 saturated carbocycles. The minimum absolute atomic E-state index is 0.0121. The molecule has 1 unspecified atom stereocenters. The number of aliphatic carboxylic acids is 1. The summed E-state index contributed by atoms with van der Waals surface area (Å²) < 4.78 is 0. The summed E-state index contributed by atoms with van der Waals surface area (Å²) in [5.74, 6) is -0.854. The van der Waals surface area contributed by atoms with Crippen molar-refractivity contribution in [1.29, 1.82) is 0 Å². The van der Waals surface area contributed by atoms with Gasteiger partial charge in [-0.1, -0.05) is 0 Å². The van der Waals surface area contributed by atoms with Crippen LogP contribution >= 0.6 is 0 Å². The standard InChI is InChI=1S/C13H22N2O4/c1-13(12(19)14-2)7-8-15(9-13)10(16)5-3-4-6-11(17)18/h3-9H2,1-2H3,(H,14,19)(H,17,18). The molecule has 0 aromatic rings. The molecule has 1 aliphatic heterocycles. The number of amides is 2. The van der Waals surface area contributed by atoms with Crippen molar-refractivity contribution in [3.05, 3.63) is 0 Å². The number of carbonyl (C=O) groups is 3. The van der Waals surface area contributed by atoms with Gasteiger partial charge in [-0.3, -0.25) is 14.4 Å². The zero-order valence-electron chi connectivity index (χ0n) is 11.6. The number of nitrogens with one attached hydrogen (secondary N) is 1. The van der Waals surface area contributed by atoms with E-state index in [1.165, 1.54) is 0 Å².